The molecule has 0 aromatic heterocycles. The lowest BCUT2D eigenvalue weighted by Gasteiger charge is -2.12. The van der Waals surface area contributed by atoms with Gasteiger partial charge in [-0.15, -0.1) is 0 Å². The third kappa shape index (κ3) is 5.70. The van der Waals surface area contributed by atoms with E-state index in [1.807, 2.05) is 38.1 Å². The summed E-state index contributed by atoms with van der Waals surface area (Å²) in [7, 11) is -2.59. The van der Waals surface area contributed by atoms with Gasteiger partial charge in [-0.1, -0.05) is 12.1 Å². The molecule has 146 valence electrons. The quantitative estimate of drug-likeness (QED) is 0.679. The molecule has 0 spiro atoms. The molecule has 0 saturated carbocycles. The van der Waals surface area contributed by atoms with Crippen molar-refractivity contribution in [3.05, 3.63) is 53.6 Å². The van der Waals surface area contributed by atoms with E-state index in [9.17, 15) is 13.2 Å². The van der Waals surface area contributed by atoms with Gasteiger partial charge in [0.05, 0.1) is 18.8 Å². The fourth-order valence-electron chi connectivity index (χ4n) is 2.43. The SMILES string of the molecule is COc1ccc(C(=O)O)cc1S(=O)(=O)NCCc1ccc(OC(C)C)cc1. The zero-order valence-electron chi connectivity index (χ0n) is 15.4. The summed E-state index contributed by atoms with van der Waals surface area (Å²) in [5.41, 5.74) is 0.817. The first-order chi connectivity index (χ1) is 12.7. The Morgan fingerprint density at radius 1 is 1.15 bits per heavy atom. The Bertz CT molecular complexity index is 891. The molecule has 0 fully saturated rings. The topological polar surface area (TPSA) is 102 Å². The second kappa shape index (κ2) is 8.88. The van der Waals surface area contributed by atoms with Gasteiger partial charge in [-0.05, 0) is 56.2 Å². The number of carboxylic acid groups (broad SMARTS) is 1. The van der Waals surface area contributed by atoms with Gasteiger partial charge in [-0.2, -0.15) is 0 Å². The van der Waals surface area contributed by atoms with Crippen molar-refractivity contribution in [1.29, 1.82) is 0 Å². The lowest BCUT2D eigenvalue weighted by atomic mass is 10.1. The number of hydrogen-bond donors (Lipinski definition) is 2. The summed E-state index contributed by atoms with van der Waals surface area (Å²) < 4.78 is 38.2. The molecule has 0 heterocycles. The van der Waals surface area contributed by atoms with E-state index in [2.05, 4.69) is 4.72 Å². The highest BCUT2D eigenvalue weighted by molar-refractivity contribution is 7.89. The average molecular weight is 393 g/mol. The predicted molar refractivity (Wildman–Crippen MR) is 101 cm³/mol. The lowest BCUT2D eigenvalue weighted by molar-refractivity contribution is 0.0696. The largest absolute Gasteiger partial charge is 0.495 e. The van der Waals surface area contributed by atoms with Crippen LogP contribution in [0.5, 0.6) is 11.5 Å². The molecule has 0 atom stereocenters. The summed E-state index contributed by atoms with van der Waals surface area (Å²) in [5.74, 6) is -0.370. The molecular weight excluding hydrogens is 370 g/mol. The van der Waals surface area contributed by atoms with Crippen molar-refractivity contribution in [2.45, 2.75) is 31.3 Å². The minimum atomic E-state index is -3.92. The van der Waals surface area contributed by atoms with E-state index < -0.39 is 16.0 Å². The molecular formula is C19H23NO6S. The zero-order chi connectivity index (χ0) is 20.0. The number of aromatic carboxylic acids is 1. The van der Waals surface area contributed by atoms with Crippen molar-refractivity contribution in [3.63, 3.8) is 0 Å². The van der Waals surface area contributed by atoms with Gasteiger partial charge in [0.1, 0.15) is 16.4 Å². The van der Waals surface area contributed by atoms with E-state index in [1.165, 1.54) is 19.2 Å². The summed E-state index contributed by atoms with van der Waals surface area (Å²) in [5, 5.41) is 9.07. The molecule has 2 aromatic carbocycles. The highest BCUT2D eigenvalue weighted by Gasteiger charge is 2.21. The first-order valence-corrected chi connectivity index (χ1v) is 9.88. The Kier molecular flexibility index (Phi) is 6.81. The number of methoxy groups -OCH3 is 1. The maximum absolute atomic E-state index is 12.5. The number of benzene rings is 2. The van der Waals surface area contributed by atoms with Crippen LogP contribution in [0.1, 0.15) is 29.8 Å². The molecule has 0 amide bonds. The molecule has 0 unspecified atom stereocenters. The highest BCUT2D eigenvalue weighted by atomic mass is 32.2. The fourth-order valence-corrected chi connectivity index (χ4v) is 3.66. The van der Waals surface area contributed by atoms with Gasteiger partial charge in [-0.25, -0.2) is 17.9 Å². The van der Waals surface area contributed by atoms with Crippen molar-refractivity contribution < 1.29 is 27.8 Å². The normalized spacial score (nSPS) is 11.4. The average Bonchev–Trinajstić information content (AvgIpc) is 2.62. The molecule has 0 aliphatic heterocycles. The van der Waals surface area contributed by atoms with E-state index >= 15 is 0 Å². The molecule has 0 saturated heterocycles. The van der Waals surface area contributed by atoms with Crippen LogP contribution < -0.4 is 14.2 Å². The Labute approximate surface area is 159 Å². The van der Waals surface area contributed by atoms with Gasteiger partial charge in [0.2, 0.25) is 10.0 Å². The molecule has 2 aromatic rings. The Hall–Kier alpha value is -2.58. The molecule has 8 heteroatoms. The van der Waals surface area contributed by atoms with Crippen LogP contribution in [0.25, 0.3) is 0 Å². The maximum Gasteiger partial charge on any atom is 0.335 e. The number of ether oxygens (including phenoxy) is 2. The minimum Gasteiger partial charge on any atom is -0.495 e. The van der Waals surface area contributed by atoms with Crippen LogP contribution in [-0.4, -0.2) is 39.3 Å². The highest BCUT2D eigenvalue weighted by Crippen LogP contribution is 2.25. The molecule has 0 aliphatic carbocycles. The molecule has 2 N–H and O–H groups in total. The van der Waals surface area contributed by atoms with Crippen LogP contribution in [0.3, 0.4) is 0 Å². The van der Waals surface area contributed by atoms with Crippen LogP contribution in [0, 0.1) is 0 Å². The number of hydrogen-bond acceptors (Lipinski definition) is 5. The van der Waals surface area contributed by atoms with E-state index in [0.717, 1.165) is 17.4 Å². The lowest BCUT2D eigenvalue weighted by Crippen LogP contribution is -2.26. The second-order valence-electron chi connectivity index (χ2n) is 6.13. The molecule has 7 nitrogen and oxygen atoms in total. The Morgan fingerprint density at radius 2 is 1.81 bits per heavy atom. The smallest absolute Gasteiger partial charge is 0.335 e. The van der Waals surface area contributed by atoms with Crippen molar-refractivity contribution in [3.8, 4) is 11.5 Å². The first-order valence-electron chi connectivity index (χ1n) is 8.39. The number of carboxylic acids is 1. The number of sulfonamides is 1. The fraction of sp³-hybridized carbons (Fsp3) is 0.316. The van der Waals surface area contributed by atoms with E-state index in [4.69, 9.17) is 14.6 Å². The van der Waals surface area contributed by atoms with Crippen LogP contribution in [-0.2, 0) is 16.4 Å². The summed E-state index contributed by atoms with van der Waals surface area (Å²) in [6.45, 7) is 4.04. The summed E-state index contributed by atoms with van der Waals surface area (Å²) in [4.78, 5) is 10.9. The van der Waals surface area contributed by atoms with Crippen LogP contribution >= 0.6 is 0 Å². The minimum absolute atomic E-state index is 0.0826. The standard InChI is InChI=1S/C19H23NO6S/c1-13(2)26-16-7-4-14(5-8-16)10-11-20-27(23,24)18-12-15(19(21)22)6-9-17(18)25-3/h4-9,12-13,20H,10-11H2,1-3H3,(H,21,22). The number of rotatable bonds is 9. The number of carbonyl (C=O) groups is 1. The molecule has 0 bridgehead atoms. The van der Waals surface area contributed by atoms with Crippen molar-refractivity contribution >= 4 is 16.0 Å². The molecule has 27 heavy (non-hydrogen) atoms. The van der Waals surface area contributed by atoms with E-state index in [1.54, 1.807) is 0 Å². The second-order valence-corrected chi connectivity index (χ2v) is 7.86. The summed E-state index contributed by atoms with van der Waals surface area (Å²) >= 11 is 0. The van der Waals surface area contributed by atoms with Gasteiger partial charge < -0.3 is 14.6 Å². The van der Waals surface area contributed by atoms with E-state index in [-0.39, 0.29) is 28.9 Å². The van der Waals surface area contributed by atoms with Gasteiger partial charge in [0.15, 0.2) is 0 Å². The molecule has 0 radical (unpaired) electrons. The van der Waals surface area contributed by atoms with Crippen LogP contribution in [0.2, 0.25) is 0 Å². The summed E-state index contributed by atoms with van der Waals surface area (Å²) in [6.07, 6.45) is 0.557. The first kappa shape index (κ1) is 20.7. The predicted octanol–water partition coefficient (Wildman–Crippen LogP) is 2.70. The zero-order valence-corrected chi connectivity index (χ0v) is 16.2. The van der Waals surface area contributed by atoms with E-state index in [0.29, 0.717) is 6.42 Å². The van der Waals surface area contributed by atoms with Crippen molar-refractivity contribution in [2.24, 2.45) is 0 Å². The third-order valence-corrected chi connectivity index (χ3v) is 5.18. The number of nitrogens with one attached hydrogen (secondary N) is 1. The Morgan fingerprint density at radius 3 is 2.37 bits per heavy atom. The Balaban J connectivity index is 2.06. The summed E-state index contributed by atoms with van der Waals surface area (Å²) in [6, 6.07) is 11.1. The molecule has 2 rings (SSSR count). The maximum atomic E-state index is 12.5. The molecule has 0 aliphatic rings. The van der Waals surface area contributed by atoms with Gasteiger partial charge in [0, 0.05) is 6.54 Å². The van der Waals surface area contributed by atoms with Crippen molar-refractivity contribution in [2.75, 3.05) is 13.7 Å². The van der Waals surface area contributed by atoms with Gasteiger partial charge in [-0.3, -0.25) is 0 Å². The van der Waals surface area contributed by atoms with Gasteiger partial charge in [0.25, 0.3) is 0 Å². The monoisotopic (exact) mass is 393 g/mol. The third-order valence-electron chi connectivity index (χ3n) is 3.70. The van der Waals surface area contributed by atoms with Crippen molar-refractivity contribution in [1.82, 2.24) is 4.72 Å². The van der Waals surface area contributed by atoms with Gasteiger partial charge >= 0.3 is 5.97 Å². The van der Waals surface area contributed by atoms with Crippen LogP contribution in [0.4, 0.5) is 0 Å². The van der Waals surface area contributed by atoms with Crippen LogP contribution in [0.15, 0.2) is 47.4 Å².